The second kappa shape index (κ2) is 12.7. The summed E-state index contributed by atoms with van der Waals surface area (Å²) in [5.41, 5.74) is 3.67. The van der Waals surface area contributed by atoms with Crippen LogP contribution in [-0.4, -0.2) is 55.5 Å². The highest BCUT2D eigenvalue weighted by Crippen LogP contribution is 2.19. The maximum absolute atomic E-state index is 6.09. The maximum atomic E-state index is 6.09. The molecule has 0 aliphatic carbocycles. The van der Waals surface area contributed by atoms with Gasteiger partial charge in [0.05, 0.1) is 11.4 Å². The molecule has 2 bridgehead atoms. The van der Waals surface area contributed by atoms with Crippen LogP contribution in [0, 0.1) is 0 Å². The van der Waals surface area contributed by atoms with Crippen molar-refractivity contribution in [2.24, 2.45) is 9.98 Å². The molecule has 6 nitrogen and oxygen atoms in total. The van der Waals surface area contributed by atoms with Crippen LogP contribution in [0.25, 0.3) is 0 Å². The van der Waals surface area contributed by atoms with Crippen molar-refractivity contribution in [2.45, 2.75) is 26.1 Å². The molecular formula is C28H32N4O2. The molecule has 0 amide bonds. The average Bonchev–Trinajstić information content (AvgIpc) is 2.87. The third kappa shape index (κ3) is 7.25. The molecule has 0 radical (unpaired) electrons. The molecule has 2 heterocycles. The van der Waals surface area contributed by atoms with Gasteiger partial charge < -0.3 is 14.4 Å². The van der Waals surface area contributed by atoms with E-state index in [1.807, 2.05) is 79.2 Å². The molecule has 2 aromatic carbocycles. The van der Waals surface area contributed by atoms with E-state index in [0.29, 0.717) is 13.2 Å². The van der Waals surface area contributed by atoms with Crippen molar-refractivity contribution in [3.05, 3.63) is 89.2 Å². The molecule has 0 saturated heterocycles. The van der Waals surface area contributed by atoms with Crippen LogP contribution >= 0.6 is 0 Å². The Morgan fingerprint density at radius 3 is 1.68 bits per heavy atom. The van der Waals surface area contributed by atoms with E-state index < -0.39 is 0 Å². The van der Waals surface area contributed by atoms with E-state index in [4.69, 9.17) is 14.5 Å². The highest BCUT2D eigenvalue weighted by molar-refractivity contribution is 5.84. The molecule has 6 heteroatoms. The van der Waals surface area contributed by atoms with Crippen LogP contribution < -0.4 is 9.47 Å². The first-order chi connectivity index (χ1) is 16.8. The first-order valence-electron chi connectivity index (χ1n) is 11.8. The Labute approximate surface area is 202 Å². The molecule has 1 aromatic heterocycles. The smallest absolute Gasteiger partial charge is 0.130 e. The molecular weight excluding hydrogens is 424 g/mol. The van der Waals surface area contributed by atoms with Gasteiger partial charge in [0.2, 0.25) is 0 Å². The van der Waals surface area contributed by atoms with Crippen molar-refractivity contribution in [3.63, 3.8) is 0 Å². The minimum absolute atomic E-state index is 0.382. The van der Waals surface area contributed by atoms with Crippen molar-refractivity contribution in [2.75, 3.05) is 33.2 Å². The van der Waals surface area contributed by atoms with E-state index in [0.717, 1.165) is 73.0 Å². The lowest BCUT2D eigenvalue weighted by atomic mass is 10.2. The Bertz CT molecular complexity index is 1030. The summed E-state index contributed by atoms with van der Waals surface area (Å²) in [4.78, 5) is 16.3. The standard InChI is InChI=1S/C28H32N4O2/c1-32-17-7-15-29-19-23-9-2-4-13-27(23)33-21-25-11-6-12-26(31-25)22-34-28-14-5-3-10-24(28)20-30-16-8-18-32/h2-6,9-14,19-20H,7-8,15-18,21-22H2,1H3. The number of aliphatic imine (C=N–C) groups is 2. The van der Waals surface area contributed by atoms with E-state index in [1.54, 1.807) is 0 Å². The summed E-state index contributed by atoms with van der Waals surface area (Å²) in [7, 11) is 2.15. The number of hydrogen-bond acceptors (Lipinski definition) is 6. The van der Waals surface area contributed by atoms with Crippen molar-refractivity contribution in [1.82, 2.24) is 9.88 Å². The zero-order valence-electron chi connectivity index (χ0n) is 19.8. The molecule has 4 rings (SSSR count). The number of hydrogen-bond donors (Lipinski definition) is 0. The molecule has 0 atom stereocenters. The zero-order valence-corrected chi connectivity index (χ0v) is 19.8. The Morgan fingerprint density at radius 2 is 1.15 bits per heavy atom. The van der Waals surface area contributed by atoms with E-state index in [-0.39, 0.29) is 0 Å². The second-order valence-electron chi connectivity index (χ2n) is 8.35. The van der Waals surface area contributed by atoms with Gasteiger partial charge in [-0.05, 0) is 69.4 Å². The fourth-order valence-electron chi connectivity index (χ4n) is 3.73. The summed E-state index contributed by atoms with van der Waals surface area (Å²) in [6.45, 7) is 4.36. The molecule has 3 aromatic rings. The number of aromatic nitrogens is 1. The van der Waals surface area contributed by atoms with E-state index in [2.05, 4.69) is 21.9 Å². The molecule has 176 valence electrons. The molecule has 0 spiro atoms. The number of pyridine rings is 1. The van der Waals surface area contributed by atoms with Gasteiger partial charge >= 0.3 is 0 Å². The van der Waals surface area contributed by atoms with Crippen molar-refractivity contribution in [1.29, 1.82) is 0 Å². The number of fused-ring (bicyclic) bond motifs is 4. The molecule has 1 aliphatic rings. The van der Waals surface area contributed by atoms with E-state index in [9.17, 15) is 0 Å². The summed E-state index contributed by atoms with van der Waals surface area (Å²) in [6, 6.07) is 21.9. The summed E-state index contributed by atoms with van der Waals surface area (Å²) < 4.78 is 12.2. The lowest BCUT2D eigenvalue weighted by Gasteiger charge is -2.15. The fourth-order valence-corrected chi connectivity index (χ4v) is 3.73. The highest BCUT2D eigenvalue weighted by atomic mass is 16.5. The number of rotatable bonds is 0. The Hall–Kier alpha value is -3.51. The van der Waals surface area contributed by atoms with E-state index in [1.165, 1.54) is 0 Å². The Kier molecular flexibility index (Phi) is 8.80. The minimum atomic E-state index is 0.382. The molecule has 34 heavy (non-hydrogen) atoms. The van der Waals surface area contributed by atoms with Gasteiger partial charge in [-0.2, -0.15) is 0 Å². The van der Waals surface area contributed by atoms with Crippen LogP contribution in [0.4, 0.5) is 0 Å². The quantitative estimate of drug-likeness (QED) is 0.487. The summed E-state index contributed by atoms with van der Waals surface area (Å²) >= 11 is 0. The first-order valence-corrected chi connectivity index (χ1v) is 11.8. The average molecular weight is 457 g/mol. The second-order valence-corrected chi connectivity index (χ2v) is 8.35. The third-order valence-electron chi connectivity index (χ3n) is 5.57. The normalized spacial score (nSPS) is 16.1. The maximum Gasteiger partial charge on any atom is 0.130 e. The van der Waals surface area contributed by atoms with Crippen LogP contribution in [-0.2, 0) is 13.2 Å². The summed E-state index contributed by atoms with van der Waals surface area (Å²) in [5.74, 6) is 1.62. The predicted octanol–water partition coefficient (Wildman–Crippen LogP) is 4.80. The van der Waals surface area contributed by atoms with Gasteiger partial charge in [0.1, 0.15) is 24.7 Å². The third-order valence-corrected chi connectivity index (χ3v) is 5.57. The van der Waals surface area contributed by atoms with Crippen LogP contribution in [0.3, 0.4) is 0 Å². The highest BCUT2D eigenvalue weighted by Gasteiger charge is 2.06. The van der Waals surface area contributed by atoms with Crippen molar-refractivity contribution < 1.29 is 9.47 Å². The van der Waals surface area contributed by atoms with Gasteiger partial charge in [-0.15, -0.1) is 0 Å². The van der Waals surface area contributed by atoms with Crippen LogP contribution in [0.5, 0.6) is 11.5 Å². The number of benzene rings is 2. The molecule has 0 fully saturated rings. The number of para-hydroxylation sites is 2. The summed E-state index contributed by atoms with van der Waals surface area (Å²) in [6.07, 6.45) is 5.85. The zero-order chi connectivity index (χ0) is 23.4. The van der Waals surface area contributed by atoms with Gasteiger partial charge in [-0.25, -0.2) is 0 Å². The SMILES string of the molecule is CN1CCCN=Cc2ccccc2OCc2cccc(n2)COc2ccccc2C=NCCC1. The van der Waals surface area contributed by atoms with E-state index >= 15 is 0 Å². The van der Waals surface area contributed by atoms with Crippen molar-refractivity contribution in [3.8, 4) is 11.5 Å². The van der Waals surface area contributed by atoms with Crippen LogP contribution in [0.15, 0.2) is 76.7 Å². The number of ether oxygens (including phenoxy) is 2. The van der Waals surface area contributed by atoms with Crippen molar-refractivity contribution >= 4 is 12.4 Å². The lowest BCUT2D eigenvalue weighted by Crippen LogP contribution is -2.22. The summed E-state index contributed by atoms with van der Waals surface area (Å²) in [5, 5.41) is 0. The van der Waals surface area contributed by atoms with Gasteiger partial charge in [0.25, 0.3) is 0 Å². The topological polar surface area (TPSA) is 59.3 Å². The first kappa shape index (κ1) is 23.6. The molecule has 0 unspecified atom stereocenters. The van der Waals surface area contributed by atoms with Crippen LogP contribution in [0.2, 0.25) is 0 Å². The van der Waals surface area contributed by atoms with Gasteiger partial charge in [-0.1, -0.05) is 30.3 Å². The fraction of sp³-hybridized carbons (Fsp3) is 0.321. The van der Waals surface area contributed by atoms with Crippen LogP contribution in [0.1, 0.15) is 35.4 Å². The monoisotopic (exact) mass is 456 g/mol. The Morgan fingerprint density at radius 1 is 0.647 bits per heavy atom. The molecule has 0 saturated carbocycles. The lowest BCUT2D eigenvalue weighted by molar-refractivity contribution is 0.290. The Balaban J connectivity index is 1.52. The van der Waals surface area contributed by atoms with Gasteiger partial charge in [0.15, 0.2) is 0 Å². The van der Waals surface area contributed by atoms with Gasteiger partial charge in [0, 0.05) is 36.6 Å². The predicted molar refractivity (Wildman–Crippen MR) is 137 cm³/mol. The molecule has 1 aliphatic heterocycles. The minimum Gasteiger partial charge on any atom is -0.487 e. The largest absolute Gasteiger partial charge is 0.487 e. The van der Waals surface area contributed by atoms with Gasteiger partial charge in [-0.3, -0.25) is 15.0 Å². The number of nitrogens with zero attached hydrogens (tertiary/aromatic N) is 4. The molecule has 0 N–H and O–H groups in total.